The summed E-state index contributed by atoms with van der Waals surface area (Å²) in [6.45, 7) is 2.04. The average Bonchev–Trinajstić information content (AvgIpc) is 2.46. The van der Waals surface area contributed by atoms with E-state index in [4.69, 9.17) is 11.6 Å². The lowest BCUT2D eigenvalue weighted by molar-refractivity contribution is -0.133. The van der Waals surface area contributed by atoms with Crippen LogP contribution in [0.1, 0.15) is 30.4 Å². The molecule has 3 heteroatoms. The Morgan fingerprint density at radius 3 is 2.25 bits per heavy atom. The van der Waals surface area contributed by atoms with Crippen LogP contribution >= 0.6 is 27.5 Å². The Kier molecular flexibility index (Phi) is 3.47. The number of halogens is 2. The van der Waals surface area contributed by atoms with Crippen LogP contribution in [-0.2, 0) is 10.2 Å². The van der Waals surface area contributed by atoms with Gasteiger partial charge in [-0.1, -0.05) is 51.8 Å². The molecule has 0 radical (unpaired) electrons. The van der Waals surface area contributed by atoms with Crippen LogP contribution in [0.15, 0.2) is 53.0 Å². The first-order valence-electron chi connectivity index (χ1n) is 6.56. The molecule has 0 aromatic heterocycles. The number of carbonyl (C=O) groups excluding carboxylic acids is 1. The number of carbonyl (C=O) groups is 1. The summed E-state index contributed by atoms with van der Waals surface area (Å²) in [7, 11) is 0. The van der Waals surface area contributed by atoms with Crippen molar-refractivity contribution in [2.75, 3.05) is 0 Å². The number of benzene rings is 2. The lowest BCUT2D eigenvalue weighted by Gasteiger charge is -2.46. The maximum absolute atomic E-state index is 12.3. The molecular weight excluding hydrogens is 336 g/mol. The highest BCUT2D eigenvalue weighted by molar-refractivity contribution is 9.10. The van der Waals surface area contributed by atoms with Crippen molar-refractivity contribution in [3.05, 3.63) is 69.2 Å². The van der Waals surface area contributed by atoms with Crippen molar-refractivity contribution >= 4 is 33.3 Å². The minimum atomic E-state index is -0.422. The summed E-state index contributed by atoms with van der Waals surface area (Å²) in [5.41, 5.74) is 1.84. The molecule has 1 saturated carbocycles. The number of hydrogen-bond donors (Lipinski definition) is 0. The standard InChI is InChI=1S/C17H14BrClO/c1-17(12-4-6-13(18)7-5-12)15(10-16(17)20)11-2-8-14(19)9-3-11/h2-9,15H,10H2,1H3/t15-,17+/m1/s1. The SMILES string of the molecule is C[C@@]1(c2ccc(Br)cc2)C(=O)C[C@@H]1c1ccc(Cl)cc1. The molecule has 0 saturated heterocycles. The van der Waals surface area contributed by atoms with Crippen molar-refractivity contribution < 1.29 is 4.79 Å². The largest absolute Gasteiger partial charge is 0.299 e. The van der Waals surface area contributed by atoms with Gasteiger partial charge in [-0.25, -0.2) is 0 Å². The highest BCUT2D eigenvalue weighted by Gasteiger charge is 2.52. The summed E-state index contributed by atoms with van der Waals surface area (Å²) >= 11 is 9.38. The van der Waals surface area contributed by atoms with Gasteiger partial charge in [-0.15, -0.1) is 0 Å². The van der Waals surface area contributed by atoms with E-state index >= 15 is 0 Å². The Balaban J connectivity index is 1.99. The van der Waals surface area contributed by atoms with Gasteiger partial charge in [0.05, 0.1) is 5.41 Å². The molecule has 0 spiro atoms. The van der Waals surface area contributed by atoms with Crippen molar-refractivity contribution in [3.8, 4) is 0 Å². The summed E-state index contributed by atoms with van der Waals surface area (Å²) in [5.74, 6) is 0.535. The predicted molar refractivity (Wildman–Crippen MR) is 85.3 cm³/mol. The molecule has 0 bridgehead atoms. The molecule has 1 aliphatic rings. The van der Waals surface area contributed by atoms with Gasteiger partial charge in [0.25, 0.3) is 0 Å². The van der Waals surface area contributed by atoms with Crippen molar-refractivity contribution in [1.29, 1.82) is 0 Å². The molecule has 3 rings (SSSR count). The predicted octanol–water partition coefficient (Wildman–Crippen LogP) is 5.12. The van der Waals surface area contributed by atoms with E-state index in [0.717, 1.165) is 15.1 Å². The molecule has 2 aromatic rings. The Bertz CT molecular complexity index is 648. The van der Waals surface area contributed by atoms with Crippen LogP contribution in [0.5, 0.6) is 0 Å². The maximum atomic E-state index is 12.3. The first-order valence-corrected chi connectivity index (χ1v) is 7.73. The maximum Gasteiger partial charge on any atom is 0.144 e. The summed E-state index contributed by atoms with van der Waals surface area (Å²) < 4.78 is 1.03. The highest BCUT2D eigenvalue weighted by atomic mass is 79.9. The molecular formula is C17H14BrClO. The van der Waals surface area contributed by atoms with Crippen molar-refractivity contribution in [2.45, 2.75) is 24.7 Å². The monoisotopic (exact) mass is 348 g/mol. The topological polar surface area (TPSA) is 17.1 Å². The molecule has 2 atom stereocenters. The van der Waals surface area contributed by atoms with Crippen LogP contribution in [0.3, 0.4) is 0 Å². The molecule has 0 amide bonds. The third-order valence-corrected chi connectivity index (χ3v) is 5.16. The molecule has 1 nitrogen and oxygen atoms in total. The van der Waals surface area contributed by atoms with Crippen molar-refractivity contribution in [1.82, 2.24) is 0 Å². The molecule has 1 fully saturated rings. The third kappa shape index (κ3) is 2.11. The van der Waals surface area contributed by atoms with Crippen LogP contribution in [0.25, 0.3) is 0 Å². The van der Waals surface area contributed by atoms with Gasteiger partial charge in [0, 0.05) is 21.8 Å². The molecule has 0 unspecified atom stereocenters. The fraction of sp³-hybridized carbons (Fsp3) is 0.235. The molecule has 0 N–H and O–H groups in total. The van der Waals surface area contributed by atoms with E-state index in [9.17, 15) is 4.79 Å². The fourth-order valence-corrected chi connectivity index (χ4v) is 3.36. The van der Waals surface area contributed by atoms with Gasteiger partial charge in [-0.3, -0.25) is 4.79 Å². The van der Waals surface area contributed by atoms with Crippen LogP contribution in [0.2, 0.25) is 5.02 Å². The molecule has 0 heterocycles. The number of ketones is 1. The molecule has 2 aromatic carbocycles. The Hall–Kier alpha value is -1.12. The Morgan fingerprint density at radius 2 is 1.70 bits per heavy atom. The third-order valence-electron chi connectivity index (χ3n) is 4.38. The lowest BCUT2D eigenvalue weighted by atomic mass is 9.55. The number of Topliss-reactive ketones (excluding diaryl/α,β-unsaturated/α-hetero) is 1. The van der Waals surface area contributed by atoms with Gasteiger partial charge in [-0.05, 0) is 42.3 Å². The Morgan fingerprint density at radius 1 is 1.10 bits per heavy atom. The number of rotatable bonds is 2. The minimum Gasteiger partial charge on any atom is -0.299 e. The van der Waals surface area contributed by atoms with Crippen LogP contribution in [0.4, 0.5) is 0 Å². The van der Waals surface area contributed by atoms with Gasteiger partial charge in [0.15, 0.2) is 0 Å². The average molecular weight is 350 g/mol. The van der Waals surface area contributed by atoms with Gasteiger partial charge in [0.1, 0.15) is 5.78 Å². The van der Waals surface area contributed by atoms with Gasteiger partial charge >= 0.3 is 0 Å². The van der Waals surface area contributed by atoms with E-state index in [1.807, 2.05) is 55.5 Å². The normalized spacial score (nSPS) is 25.4. The zero-order valence-corrected chi connectivity index (χ0v) is 13.4. The Labute approximate surface area is 132 Å². The minimum absolute atomic E-state index is 0.230. The van der Waals surface area contributed by atoms with Crippen molar-refractivity contribution in [3.63, 3.8) is 0 Å². The summed E-state index contributed by atoms with van der Waals surface area (Å²) in [5, 5.41) is 0.727. The van der Waals surface area contributed by atoms with Gasteiger partial charge in [0.2, 0.25) is 0 Å². The number of hydrogen-bond acceptors (Lipinski definition) is 1. The van der Waals surface area contributed by atoms with Gasteiger partial charge in [-0.2, -0.15) is 0 Å². The summed E-state index contributed by atoms with van der Waals surface area (Å²) in [4.78, 5) is 12.3. The second kappa shape index (κ2) is 5.01. The quantitative estimate of drug-likeness (QED) is 0.735. The second-order valence-corrected chi connectivity index (χ2v) is 6.79. The van der Waals surface area contributed by atoms with E-state index in [2.05, 4.69) is 15.9 Å². The lowest BCUT2D eigenvalue weighted by Crippen LogP contribution is -2.49. The van der Waals surface area contributed by atoms with E-state index in [-0.39, 0.29) is 5.92 Å². The molecule has 20 heavy (non-hydrogen) atoms. The van der Waals surface area contributed by atoms with Crippen LogP contribution in [-0.4, -0.2) is 5.78 Å². The molecule has 102 valence electrons. The molecule has 1 aliphatic carbocycles. The highest BCUT2D eigenvalue weighted by Crippen LogP contribution is 2.51. The fourth-order valence-electron chi connectivity index (χ4n) is 2.97. The summed E-state index contributed by atoms with van der Waals surface area (Å²) in [6.07, 6.45) is 0.605. The first kappa shape index (κ1) is 13.8. The van der Waals surface area contributed by atoms with E-state index in [0.29, 0.717) is 12.2 Å². The second-order valence-electron chi connectivity index (χ2n) is 5.44. The smallest absolute Gasteiger partial charge is 0.144 e. The zero-order chi connectivity index (χ0) is 14.3. The van der Waals surface area contributed by atoms with Gasteiger partial charge < -0.3 is 0 Å². The van der Waals surface area contributed by atoms with Crippen LogP contribution < -0.4 is 0 Å². The van der Waals surface area contributed by atoms with Crippen molar-refractivity contribution in [2.24, 2.45) is 0 Å². The van der Waals surface area contributed by atoms with E-state index in [1.165, 1.54) is 5.56 Å². The van der Waals surface area contributed by atoms with E-state index < -0.39 is 5.41 Å². The molecule has 0 aliphatic heterocycles. The van der Waals surface area contributed by atoms with E-state index in [1.54, 1.807) is 0 Å². The zero-order valence-electron chi connectivity index (χ0n) is 11.1. The summed E-state index contributed by atoms with van der Waals surface area (Å²) in [6, 6.07) is 15.9. The van der Waals surface area contributed by atoms with Crippen LogP contribution in [0, 0.1) is 0 Å². The first-order chi connectivity index (χ1) is 9.51.